The van der Waals surface area contributed by atoms with Crippen LogP contribution >= 0.6 is 0 Å². The van der Waals surface area contributed by atoms with Crippen molar-refractivity contribution >= 4 is 33.3 Å². The lowest BCUT2D eigenvalue weighted by atomic mass is 10.0. The Morgan fingerprint density at radius 2 is 1.86 bits per heavy atom. The molecule has 2 aliphatic heterocycles. The van der Waals surface area contributed by atoms with E-state index in [2.05, 4.69) is 0 Å². The van der Waals surface area contributed by atoms with Gasteiger partial charge in [0.05, 0.1) is 16.5 Å². The molecule has 1 fully saturated rings. The van der Waals surface area contributed by atoms with Gasteiger partial charge in [0.15, 0.2) is 0 Å². The summed E-state index contributed by atoms with van der Waals surface area (Å²) in [5.74, 6) is -2.71. The highest BCUT2D eigenvalue weighted by Gasteiger charge is 2.36. The standard InChI is InChI=1S/C20H19FN2O5S/c21-17-5-1-3-13-4-2-10-23(19(13)17)29(27,28)16-8-6-15(7-9-16)22-12-14(20(25)26)11-18(22)24/h1,3,5-9,14H,2,4,10-12H2,(H,25,26)/t14-/m1/s1. The van der Waals surface area contributed by atoms with E-state index in [1.807, 2.05) is 0 Å². The second-order valence-corrected chi connectivity index (χ2v) is 9.03. The number of rotatable bonds is 4. The number of hydrogen-bond donors (Lipinski definition) is 1. The van der Waals surface area contributed by atoms with Crippen molar-refractivity contribution in [2.24, 2.45) is 5.92 Å². The first kappa shape index (κ1) is 19.4. The third kappa shape index (κ3) is 3.35. The average Bonchev–Trinajstić information content (AvgIpc) is 3.10. The zero-order valence-corrected chi connectivity index (χ0v) is 16.2. The van der Waals surface area contributed by atoms with E-state index in [0.717, 1.165) is 4.31 Å². The van der Waals surface area contributed by atoms with Crippen LogP contribution in [0, 0.1) is 11.7 Å². The van der Waals surface area contributed by atoms with E-state index in [1.165, 1.54) is 35.2 Å². The van der Waals surface area contributed by atoms with Gasteiger partial charge in [0.1, 0.15) is 5.82 Å². The Kier molecular flexibility index (Phi) is 4.77. The smallest absolute Gasteiger partial charge is 0.308 e. The van der Waals surface area contributed by atoms with Crippen LogP contribution in [0.2, 0.25) is 0 Å². The highest BCUT2D eigenvalue weighted by Crippen LogP contribution is 2.35. The Bertz CT molecular complexity index is 1080. The van der Waals surface area contributed by atoms with Crippen molar-refractivity contribution in [1.82, 2.24) is 0 Å². The molecule has 4 rings (SSSR count). The van der Waals surface area contributed by atoms with Crippen molar-refractivity contribution < 1.29 is 27.5 Å². The Morgan fingerprint density at radius 1 is 1.14 bits per heavy atom. The van der Waals surface area contributed by atoms with Crippen molar-refractivity contribution in [3.8, 4) is 0 Å². The van der Waals surface area contributed by atoms with Gasteiger partial charge in [0.2, 0.25) is 5.91 Å². The summed E-state index contributed by atoms with van der Waals surface area (Å²) in [6, 6.07) is 10.2. The van der Waals surface area contributed by atoms with E-state index in [0.29, 0.717) is 24.1 Å². The highest BCUT2D eigenvalue weighted by atomic mass is 32.2. The van der Waals surface area contributed by atoms with Gasteiger partial charge in [-0.2, -0.15) is 0 Å². The first-order chi connectivity index (χ1) is 13.8. The Balaban J connectivity index is 1.63. The van der Waals surface area contributed by atoms with E-state index in [4.69, 9.17) is 5.11 Å². The lowest BCUT2D eigenvalue weighted by Gasteiger charge is -2.30. The van der Waals surface area contributed by atoms with Crippen molar-refractivity contribution in [1.29, 1.82) is 0 Å². The topological polar surface area (TPSA) is 95.0 Å². The number of halogens is 1. The highest BCUT2D eigenvalue weighted by molar-refractivity contribution is 7.92. The van der Waals surface area contributed by atoms with Gasteiger partial charge in [-0.25, -0.2) is 12.8 Å². The number of para-hydroxylation sites is 1. The average molecular weight is 418 g/mol. The number of anilines is 2. The Morgan fingerprint density at radius 3 is 2.52 bits per heavy atom. The second kappa shape index (κ2) is 7.14. The fraction of sp³-hybridized carbons (Fsp3) is 0.300. The summed E-state index contributed by atoms with van der Waals surface area (Å²) in [7, 11) is -3.98. The molecular formula is C20H19FN2O5S. The van der Waals surface area contributed by atoms with Gasteiger partial charge >= 0.3 is 5.97 Å². The lowest BCUT2D eigenvalue weighted by Crippen LogP contribution is -2.36. The maximum absolute atomic E-state index is 14.4. The quantitative estimate of drug-likeness (QED) is 0.823. The van der Waals surface area contributed by atoms with Crippen LogP contribution in [-0.2, 0) is 26.0 Å². The van der Waals surface area contributed by atoms with Crippen LogP contribution in [0.15, 0.2) is 47.4 Å². The van der Waals surface area contributed by atoms with Crippen LogP contribution in [-0.4, -0.2) is 38.5 Å². The number of aryl methyl sites for hydroxylation is 1. The van der Waals surface area contributed by atoms with E-state index in [1.54, 1.807) is 12.1 Å². The molecule has 2 aliphatic rings. The summed E-state index contributed by atoms with van der Waals surface area (Å²) in [5, 5.41) is 9.10. The molecule has 0 radical (unpaired) electrons. The number of amides is 1. The first-order valence-electron chi connectivity index (χ1n) is 9.22. The van der Waals surface area contributed by atoms with Crippen LogP contribution < -0.4 is 9.21 Å². The molecule has 2 heterocycles. The van der Waals surface area contributed by atoms with E-state index < -0.39 is 27.7 Å². The van der Waals surface area contributed by atoms with Crippen LogP contribution in [0.4, 0.5) is 15.8 Å². The summed E-state index contributed by atoms with van der Waals surface area (Å²) < 4.78 is 41.8. The Labute approximate surface area is 167 Å². The van der Waals surface area contributed by atoms with Crippen molar-refractivity contribution in [2.75, 3.05) is 22.3 Å². The SMILES string of the molecule is O=C(O)[C@@H]1CC(=O)N(c2ccc(S(=O)(=O)N3CCCc4cccc(F)c43)cc2)C1. The molecule has 1 N–H and O–H groups in total. The largest absolute Gasteiger partial charge is 0.481 e. The fourth-order valence-corrected chi connectivity index (χ4v) is 5.40. The van der Waals surface area contributed by atoms with Crippen LogP contribution in [0.3, 0.4) is 0 Å². The van der Waals surface area contributed by atoms with E-state index in [-0.39, 0.29) is 36.0 Å². The summed E-state index contributed by atoms with van der Waals surface area (Å²) in [6.07, 6.45) is 1.12. The number of hydrogen-bond acceptors (Lipinski definition) is 4. The van der Waals surface area contributed by atoms with E-state index >= 15 is 0 Å². The third-order valence-electron chi connectivity index (χ3n) is 5.34. The molecule has 1 saturated heterocycles. The lowest BCUT2D eigenvalue weighted by molar-refractivity contribution is -0.141. The molecule has 0 unspecified atom stereocenters. The van der Waals surface area contributed by atoms with Gasteiger partial charge in [0, 0.05) is 25.2 Å². The Hall–Kier alpha value is -2.94. The molecule has 9 heteroatoms. The van der Waals surface area contributed by atoms with Gasteiger partial charge in [0.25, 0.3) is 10.0 Å². The first-order valence-corrected chi connectivity index (χ1v) is 10.7. The van der Waals surface area contributed by atoms with Crippen molar-refractivity contribution in [3.05, 3.63) is 53.8 Å². The molecule has 2 aromatic rings. The monoisotopic (exact) mass is 418 g/mol. The molecule has 0 aromatic heterocycles. The zero-order valence-electron chi connectivity index (χ0n) is 15.4. The number of aliphatic carboxylic acids is 1. The normalized spacial score (nSPS) is 19.3. The van der Waals surface area contributed by atoms with Crippen molar-refractivity contribution in [3.63, 3.8) is 0 Å². The maximum atomic E-state index is 14.4. The molecule has 29 heavy (non-hydrogen) atoms. The second-order valence-electron chi connectivity index (χ2n) is 7.17. The minimum absolute atomic E-state index is 0.0150. The van der Waals surface area contributed by atoms with E-state index in [9.17, 15) is 22.4 Å². The summed E-state index contributed by atoms with van der Waals surface area (Å²) in [6.45, 7) is 0.230. The summed E-state index contributed by atoms with van der Waals surface area (Å²) in [4.78, 5) is 24.5. The predicted octanol–water partition coefficient (Wildman–Crippen LogP) is 2.40. The minimum atomic E-state index is -3.98. The molecule has 152 valence electrons. The molecular weight excluding hydrogens is 399 g/mol. The molecule has 1 atom stereocenters. The number of carboxylic acid groups (broad SMARTS) is 1. The van der Waals surface area contributed by atoms with Gasteiger partial charge in [-0.05, 0) is 48.7 Å². The number of benzene rings is 2. The number of sulfonamides is 1. The molecule has 7 nitrogen and oxygen atoms in total. The van der Waals surface area contributed by atoms with Crippen molar-refractivity contribution in [2.45, 2.75) is 24.2 Å². The molecule has 2 aromatic carbocycles. The van der Waals surface area contributed by atoms with Crippen LogP contribution in [0.25, 0.3) is 0 Å². The third-order valence-corrected chi connectivity index (χ3v) is 7.15. The van der Waals surface area contributed by atoms with Gasteiger partial charge in [-0.15, -0.1) is 0 Å². The van der Waals surface area contributed by atoms with Gasteiger partial charge < -0.3 is 10.0 Å². The van der Waals surface area contributed by atoms with Crippen LogP contribution in [0.5, 0.6) is 0 Å². The van der Waals surface area contributed by atoms with Crippen LogP contribution in [0.1, 0.15) is 18.4 Å². The molecule has 0 spiro atoms. The number of fused-ring (bicyclic) bond motifs is 1. The predicted molar refractivity (Wildman–Crippen MR) is 104 cm³/mol. The van der Waals surface area contributed by atoms with Gasteiger partial charge in [-0.1, -0.05) is 12.1 Å². The fourth-order valence-electron chi connectivity index (χ4n) is 3.85. The maximum Gasteiger partial charge on any atom is 0.308 e. The summed E-state index contributed by atoms with van der Waals surface area (Å²) >= 11 is 0. The summed E-state index contributed by atoms with van der Waals surface area (Å²) in [5.41, 5.74) is 1.17. The molecule has 0 bridgehead atoms. The van der Waals surface area contributed by atoms with Gasteiger partial charge in [-0.3, -0.25) is 13.9 Å². The number of nitrogens with zero attached hydrogens (tertiary/aromatic N) is 2. The molecule has 0 saturated carbocycles. The zero-order chi connectivity index (χ0) is 20.8. The molecule has 0 aliphatic carbocycles. The number of carboxylic acids is 1. The molecule has 1 amide bonds. The number of carbonyl (C=O) groups excluding carboxylic acids is 1. The number of carbonyl (C=O) groups is 2. The minimum Gasteiger partial charge on any atom is -0.481 e.